The van der Waals surface area contributed by atoms with Crippen molar-refractivity contribution in [2.24, 2.45) is 0 Å². The third kappa shape index (κ3) is 6.25. The van der Waals surface area contributed by atoms with E-state index in [0.717, 1.165) is 24.3 Å². The van der Waals surface area contributed by atoms with Gasteiger partial charge in [-0.2, -0.15) is 0 Å². The highest BCUT2D eigenvalue weighted by atomic mass is 16.5. The molecule has 1 amide bonds. The molecule has 0 bridgehead atoms. The lowest BCUT2D eigenvalue weighted by Crippen LogP contribution is -2.49. The Hall–Kier alpha value is -3.48. The summed E-state index contributed by atoms with van der Waals surface area (Å²) in [5.74, 6) is 0.478. The third-order valence-corrected chi connectivity index (χ3v) is 4.99. The number of anilines is 1. The van der Waals surface area contributed by atoms with E-state index in [-0.39, 0.29) is 12.5 Å². The Balaban J connectivity index is 1.45. The summed E-state index contributed by atoms with van der Waals surface area (Å²) in [5, 5.41) is 0. The molecule has 1 fully saturated rings. The molecule has 0 N–H and O–H groups in total. The van der Waals surface area contributed by atoms with Crippen LogP contribution in [-0.4, -0.2) is 63.3 Å². The van der Waals surface area contributed by atoms with Gasteiger partial charge in [0.15, 0.2) is 18.1 Å². The van der Waals surface area contributed by atoms with Crippen LogP contribution in [0.15, 0.2) is 54.6 Å². The number of hydrogen-bond acceptors (Lipinski definition) is 6. The standard InChI is InChI=1S/C24H28N2O5/c1-3-30-21-11-9-19(17-22(21)29-2)10-12-24(28)31-18-23(27)26-15-13-25(14-16-26)20-7-5-4-6-8-20/h4-12,17H,3,13-16,18H2,1-2H3/b12-10+. The van der Waals surface area contributed by atoms with E-state index >= 15 is 0 Å². The van der Waals surface area contributed by atoms with E-state index in [1.54, 1.807) is 30.2 Å². The summed E-state index contributed by atoms with van der Waals surface area (Å²) in [6.45, 7) is 4.88. The minimum atomic E-state index is -0.566. The molecule has 1 saturated heterocycles. The van der Waals surface area contributed by atoms with Gasteiger partial charge in [0.25, 0.3) is 5.91 Å². The van der Waals surface area contributed by atoms with Gasteiger partial charge >= 0.3 is 5.97 Å². The number of rotatable bonds is 8. The zero-order valence-corrected chi connectivity index (χ0v) is 18.0. The van der Waals surface area contributed by atoms with Crippen molar-refractivity contribution in [1.82, 2.24) is 4.90 Å². The first kappa shape index (κ1) is 22.2. The number of nitrogens with zero attached hydrogens (tertiary/aromatic N) is 2. The van der Waals surface area contributed by atoms with E-state index in [4.69, 9.17) is 14.2 Å². The monoisotopic (exact) mass is 424 g/mol. The van der Waals surface area contributed by atoms with Crippen LogP contribution in [0.1, 0.15) is 12.5 Å². The van der Waals surface area contributed by atoms with Crippen molar-refractivity contribution >= 4 is 23.6 Å². The van der Waals surface area contributed by atoms with Gasteiger partial charge in [-0.3, -0.25) is 4.79 Å². The average molecular weight is 424 g/mol. The van der Waals surface area contributed by atoms with Crippen molar-refractivity contribution in [2.75, 3.05) is 51.4 Å². The van der Waals surface area contributed by atoms with E-state index in [2.05, 4.69) is 17.0 Å². The number of benzene rings is 2. The molecule has 31 heavy (non-hydrogen) atoms. The molecule has 3 rings (SSSR count). The second-order valence-corrected chi connectivity index (χ2v) is 6.99. The summed E-state index contributed by atoms with van der Waals surface area (Å²) < 4.78 is 15.9. The Morgan fingerprint density at radius 2 is 1.74 bits per heavy atom. The normalized spacial score (nSPS) is 13.9. The van der Waals surface area contributed by atoms with Gasteiger partial charge in [-0.15, -0.1) is 0 Å². The van der Waals surface area contributed by atoms with Crippen LogP contribution in [0, 0.1) is 0 Å². The SMILES string of the molecule is CCOc1ccc(/C=C/C(=O)OCC(=O)N2CCN(c3ccccc3)CC2)cc1OC. The van der Waals surface area contributed by atoms with Gasteiger partial charge in [0.05, 0.1) is 13.7 Å². The highest BCUT2D eigenvalue weighted by Crippen LogP contribution is 2.28. The highest BCUT2D eigenvalue weighted by Gasteiger charge is 2.21. The first-order chi connectivity index (χ1) is 15.1. The Morgan fingerprint density at radius 1 is 1.00 bits per heavy atom. The highest BCUT2D eigenvalue weighted by molar-refractivity contribution is 5.89. The smallest absolute Gasteiger partial charge is 0.331 e. The first-order valence-corrected chi connectivity index (χ1v) is 10.3. The van der Waals surface area contributed by atoms with E-state index in [0.29, 0.717) is 31.2 Å². The minimum Gasteiger partial charge on any atom is -0.493 e. The molecule has 2 aromatic carbocycles. The third-order valence-electron chi connectivity index (χ3n) is 4.99. The maximum absolute atomic E-state index is 12.4. The summed E-state index contributed by atoms with van der Waals surface area (Å²) >= 11 is 0. The zero-order chi connectivity index (χ0) is 22.1. The second kappa shape index (κ2) is 11.1. The van der Waals surface area contributed by atoms with Gasteiger partial charge in [0, 0.05) is 37.9 Å². The molecule has 164 valence electrons. The van der Waals surface area contributed by atoms with E-state index in [1.165, 1.54) is 6.08 Å². The van der Waals surface area contributed by atoms with Gasteiger partial charge in [0.2, 0.25) is 0 Å². The zero-order valence-electron chi connectivity index (χ0n) is 18.0. The fraction of sp³-hybridized carbons (Fsp3) is 0.333. The molecule has 0 radical (unpaired) electrons. The molecule has 0 saturated carbocycles. The predicted octanol–water partition coefficient (Wildman–Crippen LogP) is 3.00. The maximum Gasteiger partial charge on any atom is 0.331 e. The van der Waals surface area contributed by atoms with Crippen molar-refractivity contribution < 1.29 is 23.8 Å². The van der Waals surface area contributed by atoms with Crippen molar-refractivity contribution in [3.63, 3.8) is 0 Å². The number of esters is 1. The van der Waals surface area contributed by atoms with Crippen LogP contribution >= 0.6 is 0 Å². The molecule has 0 aliphatic carbocycles. The molecule has 0 atom stereocenters. The van der Waals surface area contributed by atoms with E-state index in [1.807, 2.05) is 31.2 Å². The van der Waals surface area contributed by atoms with Crippen molar-refractivity contribution in [2.45, 2.75) is 6.92 Å². The van der Waals surface area contributed by atoms with Crippen LogP contribution in [-0.2, 0) is 14.3 Å². The first-order valence-electron chi connectivity index (χ1n) is 10.3. The van der Waals surface area contributed by atoms with Crippen molar-refractivity contribution in [1.29, 1.82) is 0 Å². The van der Waals surface area contributed by atoms with Gasteiger partial charge in [-0.25, -0.2) is 4.79 Å². The largest absolute Gasteiger partial charge is 0.493 e. The Kier molecular flexibility index (Phi) is 7.92. The van der Waals surface area contributed by atoms with Gasteiger partial charge in [-0.05, 0) is 42.8 Å². The number of piperazine rings is 1. The number of hydrogen-bond donors (Lipinski definition) is 0. The quantitative estimate of drug-likeness (QED) is 0.479. The Labute approximate surface area is 182 Å². The number of carbonyl (C=O) groups excluding carboxylic acids is 2. The van der Waals surface area contributed by atoms with E-state index < -0.39 is 5.97 Å². The summed E-state index contributed by atoms with van der Waals surface area (Å²) in [6, 6.07) is 15.5. The molecule has 1 heterocycles. The fourth-order valence-electron chi connectivity index (χ4n) is 3.35. The molecule has 0 unspecified atom stereocenters. The Morgan fingerprint density at radius 3 is 2.42 bits per heavy atom. The van der Waals surface area contributed by atoms with Gasteiger partial charge < -0.3 is 24.0 Å². The maximum atomic E-state index is 12.4. The number of methoxy groups -OCH3 is 1. The fourth-order valence-corrected chi connectivity index (χ4v) is 3.35. The summed E-state index contributed by atoms with van der Waals surface area (Å²) in [6.07, 6.45) is 2.92. The molecular weight excluding hydrogens is 396 g/mol. The topological polar surface area (TPSA) is 68.3 Å². The lowest BCUT2D eigenvalue weighted by molar-refractivity contribution is -0.148. The predicted molar refractivity (Wildman–Crippen MR) is 119 cm³/mol. The van der Waals surface area contributed by atoms with Crippen LogP contribution in [0.5, 0.6) is 11.5 Å². The van der Waals surface area contributed by atoms with Crippen LogP contribution in [0.3, 0.4) is 0 Å². The lowest BCUT2D eigenvalue weighted by Gasteiger charge is -2.36. The van der Waals surface area contributed by atoms with Gasteiger partial charge in [0.1, 0.15) is 0 Å². The van der Waals surface area contributed by atoms with Crippen LogP contribution in [0.2, 0.25) is 0 Å². The number of amides is 1. The molecule has 0 aromatic heterocycles. The van der Waals surface area contributed by atoms with Crippen LogP contribution < -0.4 is 14.4 Å². The van der Waals surface area contributed by atoms with Crippen LogP contribution in [0.4, 0.5) is 5.69 Å². The minimum absolute atomic E-state index is 0.183. The van der Waals surface area contributed by atoms with Crippen LogP contribution in [0.25, 0.3) is 6.08 Å². The molecule has 1 aliphatic rings. The molecule has 2 aromatic rings. The summed E-state index contributed by atoms with van der Waals surface area (Å²) in [7, 11) is 1.56. The lowest BCUT2D eigenvalue weighted by atomic mass is 10.2. The summed E-state index contributed by atoms with van der Waals surface area (Å²) in [4.78, 5) is 28.4. The number of carbonyl (C=O) groups is 2. The molecule has 0 spiro atoms. The summed E-state index contributed by atoms with van der Waals surface area (Å²) in [5.41, 5.74) is 1.91. The Bertz CT molecular complexity index is 905. The number of para-hydroxylation sites is 1. The molecule has 7 nitrogen and oxygen atoms in total. The van der Waals surface area contributed by atoms with Crippen molar-refractivity contribution in [3.8, 4) is 11.5 Å². The molecular formula is C24H28N2O5. The molecule has 7 heteroatoms. The van der Waals surface area contributed by atoms with Crippen molar-refractivity contribution in [3.05, 3.63) is 60.2 Å². The van der Waals surface area contributed by atoms with E-state index in [9.17, 15) is 9.59 Å². The average Bonchev–Trinajstić information content (AvgIpc) is 2.82. The number of ether oxygens (including phenoxy) is 3. The second-order valence-electron chi connectivity index (χ2n) is 6.99. The molecule has 1 aliphatic heterocycles. The van der Waals surface area contributed by atoms with Gasteiger partial charge in [-0.1, -0.05) is 24.3 Å².